The molecule has 13 heteroatoms. The van der Waals surface area contributed by atoms with Gasteiger partial charge in [0.1, 0.15) is 10.0 Å². The van der Waals surface area contributed by atoms with Gasteiger partial charge < -0.3 is 10.6 Å². The van der Waals surface area contributed by atoms with Gasteiger partial charge in [0, 0.05) is 47.9 Å². The zero-order valence-corrected chi connectivity index (χ0v) is 18.1. The predicted molar refractivity (Wildman–Crippen MR) is 120 cm³/mol. The average molecular weight is 487 g/mol. The van der Waals surface area contributed by atoms with Crippen LogP contribution in [0.2, 0.25) is 10.0 Å². The topological polar surface area (TPSA) is 144 Å². The van der Waals surface area contributed by atoms with Crippen molar-refractivity contribution in [2.24, 2.45) is 0 Å². The van der Waals surface area contributed by atoms with Crippen molar-refractivity contribution in [1.82, 2.24) is 0 Å². The zero-order chi connectivity index (χ0) is 23.0. The fraction of sp³-hybridized carbons (Fsp3) is 0.222. The minimum Gasteiger partial charge on any atom is -0.326 e. The SMILES string of the molecule is O=C(CCSCCC(=O)Nc1ccc([N+](=O)[O-])c(Cl)c1)Nc1ccc([N+](=O)[O-])c(Cl)c1. The summed E-state index contributed by atoms with van der Waals surface area (Å²) in [5.74, 6) is 0.344. The van der Waals surface area contributed by atoms with Crippen molar-refractivity contribution in [2.75, 3.05) is 22.1 Å². The molecule has 2 N–H and O–H groups in total. The van der Waals surface area contributed by atoms with E-state index in [9.17, 15) is 29.8 Å². The van der Waals surface area contributed by atoms with E-state index < -0.39 is 9.85 Å². The Morgan fingerprint density at radius 3 is 1.52 bits per heavy atom. The van der Waals surface area contributed by atoms with Crippen LogP contribution >= 0.6 is 35.0 Å². The predicted octanol–water partition coefficient (Wildman–Crippen LogP) is 4.90. The molecule has 2 amide bonds. The van der Waals surface area contributed by atoms with Gasteiger partial charge in [0.15, 0.2) is 0 Å². The number of nitro benzene ring substituents is 2. The molecule has 0 spiro atoms. The maximum absolute atomic E-state index is 11.9. The molecule has 0 heterocycles. The Balaban J connectivity index is 1.68. The van der Waals surface area contributed by atoms with Gasteiger partial charge in [0.25, 0.3) is 11.4 Å². The molecule has 2 aromatic rings. The molecule has 0 aliphatic rings. The number of rotatable bonds is 10. The Morgan fingerprint density at radius 1 is 0.806 bits per heavy atom. The number of nitrogens with one attached hydrogen (secondary N) is 2. The first kappa shape index (κ1) is 24.4. The molecule has 2 rings (SSSR count). The van der Waals surface area contributed by atoms with Crippen LogP contribution in [0, 0.1) is 20.2 Å². The van der Waals surface area contributed by atoms with Crippen LogP contribution in [0.15, 0.2) is 36.4 Å². The summed E-state index contributed by atoms with van der Waals surface area (Å²) in [4.78, 5) is 44.1. The van der Waals surface area contributed by atoms with Gasteiger partial charge in [-0.05, 0) is 24.3 Å². The highest BCUT2D eigenvalue weighted by Crippen LogP contribution is 2.28. The monoisotopic (exact) mass is 486 g/mol. The molecule has 31 heavy (non-hydrogen) atoms. The summed E-state index contributed by atoms with van der Waals surface area (Å²) < 4.78 is 0. The highest BCUT2D eigenvalue weighted by molar-refractivity contribution is 7.99. The number of hydrogen-bond donors (Lipinski definition) is 2. The van der Waals surface area contributed by atoms with Crippen LogP contribution in [-0.2, 0) is 9.59 Å². The van der Waals surface area contributed by atoms with Gasteiger partial charge in [-0.1, -0.05) is 23.2 Å². The summed E-state index contributed by atoms with van der Waals surface area (Å²) in [5.41, 5.74) is 0.215. The van der Waals surface area contributed by atoms with E-state index in [2.05, 4.69) is 10.6 Å². The number of carbonyl (C=O) groups excluding carboxylic acids is 2. The first-order valence-electron chi connectivity index (χ1n) is 8.72. The molecule has 0 aliphatic heterocycles. The molecule has 0 saturated carbocycles. The van der Waals surface area contributed by atoms with Crippen LogP contribution < -0.4 is 10.6 Å². The standard InChI is InChI=1S/C18H16Cl2N4O6S/c19-13-9-11(1-3-15(13)23(27)28)21-17(25)5-7-31-8-6-18(26)22-12-2-4-16(24(29)30)14(20)10-12/h1-4,9-10H,5-8H2,(H,21,25)(H,22,26). The maximum Gasteiger partial charge on any atom is 0.288 e. The molecular formula is C18H16Cl2N4O6S. The second kappa shape index (κ2) is 11.5. The molecule has 0 saturated heterocycles. The summed E-state index contributed by atoms with van der Waals surface area (Å²) in [6, 6.07) is 7.82. The lowest BCUT2D eigenvalue weighted by Crippen LogP contribution is -2.14. The molecular weight excluding hydrogens is 471 g/mol. The summed E-state index contributed by atoms with van der Waals surface area (Å²) >= 11 is 13.0. The fourth-order valence-corrected chi connectivity index (χ4v) is 3.71. The van der Waals surface area contributed by atoms with E-state index in [0.29, 0.717) is 22.9 Å². The van der Waals surface area contributed by atoms with Crippen molar-refractivity contribution in [3.05, 3.63) is 66.7 Å². The van der Waals surface area contributed by atoms with Gasteiger partial charge >= 0.3 is 0 Å². The van der Waals surface area contributed by atoms with E-state index in [1.807, 2.05) is 0 Å². The van der Waals surface area contributed by atoms with Crippen molar-refractivity contribution in [2.45, 2.75) is 12.8 Å². The molecule has 0 fully saturated rings. The quantitative estimate of drug-likeness (QED) is 0.275. The maximum atomic E-state index is 11.9. The summed E-state index contributed by atoms with van der Waals surface area (Å²) in [7, 11) is 0. The number of anilines is 2. The molecule has 0 aromatic heterocycles. The lowest BCUT2D eigenvalue weighted by atomic mass is 10.2. The first-order valence-corrected chi connectivity index (χ1v) is 10.6. The largest absolute Gasteiger partial charge is 0.326 e. The number of nitrogens with zero attached hydrogens (tertiary/aromatic N) is 2. The minimum absolute atomic E-state index is 0.0718. The lowest BCUT2D eigenvalue weighted by Gasteiger charge is -2.07. The number of thioether (sulfide) groups is 1. The number of hydrogen-bond acceptors (Lipinski definition) is 7. The Hall–Kier alpha value is -2.89. The van der Waals surface area contributed by atoms with Crippen molar-refractivity contribution in [3.8, 4) is 0 Å². The van der Waals surface area contributed by atoms with Gasteiger partial charge in [-0.15, -0.1) is 0 Å². The third-order valence-electron chi connectivity index (χ3n) is 3.80. The second-order valence-electron chi connectivity index (χ2n) is 6.06. The van der Waals surface area contributed by atoms with E-state index in [1.165, 1.54) is 48.2 Å². The van der Waals surface area contributed by atoms with Gasteiger partial charge in [-0.3, -0.25) is 29.8 Å². The van der Waals surface area contributed by atoms with Crippen LogP contribution in [-0.4, -0.2) is 33.2 Å². The normalized spacial score (nSPS) is 10.4. The molecule has 0 unspecified atom stereocenters. The third-order valence-corrected chi connectivity index (χ3v) is 5.39. The molecule has 0 bridgehead atoms. The lowest BCUT2D eigenvalue weighted by molar-refractivity contribution is -0.384. The average Bonchev–Trinajstić information content (AvgIpc) is 2.67. The van der Waals surface area contributed by atoms with Crippen molar-refractivity contribution >= 4 is 69.5 Å². The van der Waals surface area contributed by atoms with E-state index >= 15 is 0 Å². The first-order chi connectivity index (χ1) is 14.7. The number of halogens is 2. The Morgan fingerprint density at radius 2 is 1.19 bits per heavy atom. The van der Waals surface area contributed by atoms with Gasteiger partial charge in [0.05, 0.1) is 9.85 Å². The highest BCUT2D eigenvalue weighted by Gasteiger charge is 2.14. The van der Waals surface area contributed by atoms with E-state index in [-0.39, 0.29) is 46.1 Å². The van der Waals surface area contributed by atoms with Gasteiger partial charge in [-0.25, -0.2) is 0 Å². The highest BCUT2D eigenvalue weighted by atomic mass is 35.5. The van der Waals surface area contributed by atoms with Crippen LogP contribution in [0.1, 0.15) is 12.8 Å². The summed E-state index contributed by atoms with van der Waals surface area (Å²) in [5, 5.41) is 26.5. The van der Waals surface area contributed by atoms with Gasteiger partial charge in [0.2, 0.25) is 11.8 Å². The number of amides is 2. The number of carbonyl (C=O) groups is 2. The second-order valence-corrected chi connectivity index (χ2v) is 8.09. The Kier molecular flexibility index (Phi) is 9.03. The Bertz CT molecular complexity index is 941. The Labute approximate surface area is 190 Å². The smallest absolute Gasteiger partial charge is 0.288 e. The van der Waals surface area contributed by atoms with Crippen LogP contribution in [0.25, 0.3) is 0 Å². The van der Waals surface area contributed by atoms with Crippen LogP contribution in [0.3, 0.4) is 0 Å². The number of benzene rings is 2. The molecule has 0 aliphatic carbocycles. The summed E-state index contributed by atoms with van der Waals surface area (Å²) in [6.07, 6.45) is 0.359. The number of nitro groups is 2. The zero-order valence-electron chi connectivity index (χ0n) is 15.8. The van der Waals surface area contributed by atoms with E-state index in [4.69, 9.17) is 23.2 Å². The molecule has 2 aromatic carbocycles. The fourth-order valence-electron chi connectivity index (χ4n) is 2.34. The molecule has 0 atom stereocenters. The molecule has 164 valence electrons. The van der Waals surface area contributed by atoms with E-state index in [0.717, 1.165) is 0 Å². The van der Waals surface area contributed by atoms with Crippen molar-refractivity contribution in [1.29, 1.82) is 0 Å². The van der Waals surface area contributed by atoms with Crippen LogP contribution in [0.5, 0.6) is 0 Å². The van der Waals surface area contributed by atoms with E-state index in [1.54, 1.807) is 0 Å². The molecule has 0 radical (unpaired) electrons. The van der Waals surface area contributed by atoms with Crippen LogP contribution in [0.4, 0.5) is 22.7 Å². The summed E-state index contributed by atoms with van der Waals surface area (Å²) in [6.45, 7) is 0. The minimum atomic E-state index is -0.614. The molecule has 10 nitrogen and oxygen atoms in total. The third kappa shape index (κ3) is 7.70. The van der Waals surface area contributed by atoms with Crippen molar-refractivity contribution in [3.63, 3.8) is 0 Å². The van der Waals surface area contributed by atoms with Gasteiger partial charge in [-0.2, -0.15) is 11.8 Å². The van der Waals surface area contributed by atoms with Crippen molar-refractivity contribution < 1.29 is 19.4 Å².